The lowest BCUT2D eigenvalue weighted by Crippen LogP contribution is -2.23. The first-order valence-electron chi connectivity index (χ1n) is 8.48. The van der Waals surface area contributed by atoms with E-state index in [2.05, 4.69) is 57.0 Å². The Morgan fingerprint density at radius 3 is 1.50 bits per heavy atom. The maximum atomic E-state index is 4.42. The number of nitrogens with zero attached hydrogens (tertiary/aromatic N) is 3. The average molecular weight is 309 g/mol. The van der Waals surface area contributed by atoms with Crippen LogP contribution in [0.1, 0.15) is 46.5 Å². The molecule has 0 unspecified atom stereocenters. The zero-order valence-electron chi connectivity index (χ0n) is 14.2. The molecule has 126 valence electrons. The number of hydrogen-bond donors (Lipinski definition) is 4. The number of unbranched alkanes of at least 4 members (excludes halogenated alkanes) is 2. The van der Waals surface area contributed by atoms with E-state index in [1.807, 2.05) is 0 Å². The number of anilines is 3. The minimum atomic E-state index is 0.617. The van der Waals surface area contributed by atoms with Gasteiger partial charge in [-0.2, -0.15) is 15.0 Å². The third-order valence-corrected chi connectivity index (χ3v) is 3.10. The maximum Gasteiger partial charge on any atom is 0.229 e. The van der Waals surface area contributed by atoms with Gasteiger partial charge in [0, 0.05) is 26.2 Å². The summed E-state index contributed by atoms with van der Waals surface area (Å²) in [4.78, 5) is 13.3. The van der Waals surface area contributed by atoms with Crippen molar-refractivity contribution in [3.05, 3.63) is 0 Å². The molecule has 0 aliphatic heterocycles. The van der Waals surface area contributed by atoms with E-state index in [1.54, 1.807) is 0 Å². The van der Waals surface area contributed by atoms with Gasteiger partial charge in [0.25, 0.3) is 0 Å². The molecular formula is C15H31N7. The van der Waals surface area contributed by atoms with Crippen LogP contribution in [0, 0.1) is 0 Å². The molecule has 1 aromatic rings. The smallest absolute Gasteiger partial charge is 0.229 e. The highest BCUT2D eigenvalue weighted by molar-refractivity contribution is 5.42. The van der Waals surface area contributed by atoms with Crippen LogP contribution >= 0.6 is 0 Å². The van der Waals surface area contributed by atoms with Crippen molar-refractivity contribution < 1.29 is 0 Å². The Hall–Kier alpha value is -1.63. The molecule has 22 heavy (non-hydrogen) atoms. The van der Waals surface area contributed by atoms with Crippen LogP contribution in [-0.4, -0.2) is 47.7 Å². The number of nitrogens with one attached hydrogen (secondary N) is 4. The molecule has 0 saturated carbocycles. The number of rotatable bonds is 13. The lowest BCUT2D eigenvalue weighted by Gasteiger charge is -2.11. The first-order valence-corrected chi connectivity index (χ1v) is 8.48. The second-order valence-corrected chi connectivity index (χ2v) is 5.15. The van der Waals surface area contributed by atoms with Crippen LogP contribution in [0.25, 0.3) is 0 Å². The van der Waals surface area contributed by atoms with Crippen molar-refractivity contribution in [2.24, 2.45) is 0 Å². The van der Waals surface area contributed by atoms with Gasteiger partial charge < -0.3 is 21.3 Å². The van der Waals surface area contributed by atoms with E-state index in [9.17, 15) is 0 Å². The lowest BCUT2D eigenvalue weighted by atomic mass is 10.3. The molecule has 1 aromatic heterocycles. The number of hydrogen-bond acceptors (Lipinski definition) is 7. The van der Waals surface area contributed by atoms with E-state index in [0.717, 1.165) is 58.4 Å². The first-order chi connectivity index (χ1) is 10.8. The first kappa shape index (κ1) is 18.4. The molecule has 0 atom stereocenters. The van der Waals surface area contributed by atoms with E-state index in [0.29, 0.717) is 17.8 Å². The molecule has 0 aliphatic rings. The molecule has 4 N–H and O–H groups in total. The lowest BCUT2D eigenvalue weighted by molar-refractivity contribution is 0.735. The minimum absolute atomic E-state index is 0.617. The third-order valence-electron chi connectivity index (χ3n) is 3.10. The predicted octanol–water partition coefficient (Wildman–Crippen LogP) is 2.32. The van der Waals surface area contributed by atoms with Crippen LogP contribution < -0.4 is 21.3 Å². The van der Waals surface area contributed by atoms with Crippen molar-refractivity contribution in [1.82, 2.24) is 20.3 Å². The predicted molar refractivity (Wildman–Crippen MR) is 93.7 cm³/mol. The summed E-state index contributed by atoms with van der Waals surface area (Å²) in [6, 6.07) is 0. The number of likely N-dealkylation sites (N-methyl/N-ethyl adjacent to an activating group) is 1. The van der Waals surface area contributed by atoms with Crippen LogP contribution in [0.5, 0.6) is 0 Å². The molecule has 0 fully saturated rings. The van der Waals surface area contributed by atoms with Gasteiger partial charge in [0.05, 0.1) is 0 Å². The van der Waals surface area contributed by atoms with Gasteiger partial charge in [-0.3, -0.25) is 0 Å². The van der Waals surface area contributed by atoms with Gasteiger partial charge in [0.1, 0.15) is 0 Å². The average Bonchev–Trinajstić information content (AvgIpc) is 2.52. The Balaban J connectivity index is 2.62. The Bertz CT molecular complexity index is 369. The number of aromatic nitrogens is 3. The van der Waals surface area contributed by atoms with Crippen LogP contribution in [0.4, 0.5) is 17.8 Å². The molecular weight excluding hydrogens is 278 g/mol. The minimum Gasteiger partial charge on any atom is -0.354 e. The van der Waals surface area contributed by atoms with Gasteiger partial charge in [0.15, 0.2) is 0 Å². The second-order valence-electron chi connectivity index (χ2n) is 5.15. The van der Waals surface area contributed by atoms with Crippen molar-refractivity contribution in [2.45, 2.75) is 46.5 Å². The van der Waals surface area contributed by atoms with Gasteiger partial charge in [-0.15, -0.1) is 0 Å². The second kappa shape index (κ2) is 12.0. The fraction of sp³-hybridized carbons (Fsp3) is 0.800. The molecule has 0 bridgehead atoms. The standard InChI is InChI=1S/C15H31N7/c1-4-7-9-17-13-20-14(18-10-8-5-2)22-15(21-13)19-12-11-16-6-3/h16H,4-12H2,1-3H3,(H3,17,18,19,20,21,22). The molecule has 0 amide bonds. The normalized spacial score (nSPS) is 10.5. The van der Waals surface area contributed by atoms with Crippen LogP contribution in [0.15, 0.2) is 0 Å². The van der Waals surface area contributed by atoms with Crippen molar-refractivity contribution in [3.8, 4) is 0 Å². The molecule has 0 spiro atoms. The molecule has 7 heteroatoms. The summed E-state index contributed by atoms with van der Waals surface area (Å²) in [5, 5.41) is 13.0. The van der Waals surface area contributed by atoms with E-state index >= 15 is 0 Å². The van der Waals surface area contributed by atoms with Crippen LogP contribution in [0.2, 0.25) is 0 Å². The molecule has 0 aliphatic carbocycles. The fourth-order valence-electron chi connectivity index (χ4n) is 1.81. The van der Waals surface area contributed by atoms with Crippen molar-refractivity contribution in [3.63, 3.8) is 0 Å². The maximum absolute atomic E-state index is 4.42. The monoisotopic (exact) mass is 309 g/mol. The highest BCUT2D eigenvalue weighted by Gasteiger charge is 2.05. The van der Waals surface area contributed by atoms with Crippen LogP contribution in [0.3, 0.4) is 0 Å². The summed E-state index contributed by atoms with van der Waals surface area (Å²) < 4.78 is 0. The topological polar surface area (TPSA) is 86.8 Å². The highest BCUT2D eigenvalue weighted by atomic mass is 15.3. The fourth-order valence-corrected chi connectivity index (χ4v) is 1.81. The summed E-state index contributed by atoms with van der Waals surface area (Å²) in [6.07, 6.45) is 4.50. The highest BCUT2D eigenvalue weighted by Crippen LogP contribution is 2.09. The molecule has 1 heterocycles. The van der Waals surface area contributed by atoms with E-state index in [1.165, 1.54) is 0 Å². The van der Waals surface area contributed by atoms with Gasteiger partial charge in [-0.1, -0.05) is 33.6 Å². The summed E-state index contributed by atoms with van der Waals surface area (Å²) in [6.45, 7) is 10.8. The van der Waals surface area contributed by atoms with Gasteiger partial charge >= 0.3 is 0 Å². The molecule has 0 aromatic carbocycles. The van der Waals surface area contributed by atoms with Crippen molar-refractivity contribution >= 4 is 17.8 Å². The van der Waals surface area contributed by atoms with Crippen molar-refractivity contribution in [1.29, 1.82) is 0 Å². The zero-order chi connectivity index (χ0) is 16.0. The summed E-state index contributed by atoms with van der Waals surface area (Å²) in [7, 11) is 0. The Morgan fingerprint density at radius 2 is 1.09 bits per heavy atom. The third kappa shape index (κ3) is 7.97. The Morgan fingerprint density at radius 1 is 0.636 bits per heavy atom. The van der Waals surface area contributed by atoms with E-state index in [4.69, 9.17) is 0 Å². The summed E-state index contributed by atoms with van der Waals surface area (Å²) >= 11 is 0. The van der Waals surface area contributed by atoms with E-state index in [-0.39, 0.29) is 0 Å². The van der Waals surface area contributed by atoms with Gasteiger partial charge in [0.2, 0.25) is 17.8 Å². The van der Waals surface area contributed by atoms with E-state index < -0.39 is 0 Å². The van der Waals surface area contributed by atoms with Crippen LogP contribution in [-0.2, 0) is 0 Å². The molecule has 1 rings (SSSR count). The summed E-state index contributed by atoms with van der Waals surface area (Å²) in [5.74, 6) is 1.88. The molecule has 0 saturated heterocycles. The summed E-state index contributed by atoms with van der Waals surface area (Å²) in [5.41, 5.74) is 0. The Labute approximate surface area is 134 Å². The molecule has 0 radical (unpaired) electrons. The largest absolute Gasteiger partial charge is 0.354 e. The SMILES string of the molecule is CCCCNc1nc(NCCCC)nc(NCCNCC)n1. The quantitative estimate of drug-likeness (QED) is 0.416. The van der Waals surface area contributed by atoms with Crippen molar-refractivity contribution in [2.75, 3.05) is 48.7 Å². The Kier molecular flexibility index (Phi) is 10.0. The zero-order valence-corrected chi connectivity index (χ0v) is 14.2. The van der Waals surface area contributed by atoms with Gasteiger partial charge in [-0.05, 0) is 19.4 Å². The molecule has 7 nitrogen and oxygen atoms in total. The van der Waals surface area contributed by atoms with Gasteiger partial charge in [-0.25, -0.2) is 0 Å².